The van der Waals surface area contributed by atoms with Gasteiger partial charge in [-0.1, -0.05) is 44.9 Å². The predicted molar refractivity (Wildman–Crippen MR) is 63.5 cm³/mol. The average molecular weight is 228 g/mol. The molecule has 0 aromatic heterocycles. The van der Waals surface area contributed by atoms with Crippen LogP contribution in [-0.4, -0.2) is 23.8 Å². The normalized spacial score (nSPS) is 18.6. The third-order valence-electron chi connectivity index (χ3n) is 3.07. The summed E-state index contributed by atoms with van der Waals surface area (Å²) in [5.41, 5.74) is 0. The standard InChI is InChI=1S/C13H24O3/c14-13(15)10-8-6-4-2-1-3-5-7-9-12-11-16-12/h12H,1-11H2,(H,14,15). The number of unbranched alkanes of at least 4 members (excludes halogenated alkanes) is 7. The lowest BCUT2D eigenvalue weighted by molar-refractivity contribution is -0.137. The molecular weight excluding hydrogens is 204 g/mol. The van der Waals surface area contributed by atoms with E-state index in [9.17, 15) is 4.79 Å². The number of aliphatic carboxylic acids is 1. The van der Waals surface area contributed by atoms with E-state index in [1.54, 1.807) is 0 Å². The highest BCUT2D eigenvalue weighted by Crippen LogP contribution is 2.18. The van der Waals surface area contributed by atoms with Gasteiger partial charge in [-0.05, 0) is 12.8 Å². The van der Waals surface area contributed by atoms with Gasteiger partial charge in [-0.25, -0.2) is 0 Å². The van der Waals surface area contributed by atoms with Crippen LogP contribution in [0, 0.1) is 0 Å². The third-order valence-corrected chi connectivity index (χ3v) is 3.07. The van der Waals surface area contributed by atoms with E-state index in [2.05, 4.69) is 0 Å². The smallest absolute Gasteiger partial charge is 0.303 e. The third kappa shape index (κ3) is 8.72. The van der Waals surface area contributed by atoms with Gasteiger partial charge in [0.05, 0.1) is 12.7 Å². The van der Waals surface area contributed by atoms with Gasteiger partial charge in [0, 0.05) is 6.42 Å². The molecule has 0 amide bonds. The Hall–Kier alpha value is -0.570. The summed E-state index contributed by atoms with van der Waals surface area (Å²) >= 11 is 0. The summed E-state index contributed by atoms with van der Waals surface area (Å²) in [4.78, 5) is 10.3. The van der Waals surface area contributed by atoms with Gasteiger partial charge in [0.25, 0.3) is 0 Å². The van der Waals surface area contributed by atoms with Crippen LogP contribution in [0.2, 0.25) is 0 Å². The lowest BCUT2D eigenvalue weighted by Crippen LogP contribution is -1.93. The van der Waals surface area contributed by atoms with Gasteiger partial charge < -0.3 is 9.84 Å². The Morgan fingerprint density at radius 3 is 2.00 bits per heavy atom. The summed E-state index contributed by atoms with van der Waals surface area (Å²) < 4.78 is 5.15. The van der Waals surface area contributed by atoms with Gasteiger partial charge in [0.2, 0.25) is 0 Å². The Kier molecular flexibility index (Phi) is 7.23. The molecule has 94 valence electrons. The van der Waals surface area contributed by atoms with Crippen LogP contribution < -0.4 is 0 Å². The maximum atomic E-state index is 10.3. The van der Waals surface area contributed by atoms with E-state index in [0.717, 1.165) is 19.4 Å². The molecular formula is C13H24O3. The first-order valence-electron chi connectivity index (χ1n) is 6.62. The summed E-state index contributed by atoms with van der Waals surface area (Å²) in [5, 5.41) is 8.45. The number of hydrogen-bond donors (Lipinski definition) is 1. The number of hydrogen-bond acceptors (Lipinski definition) is 2. The predicted octanol–water partition coefficient (Wildman–Crippen LogP) is 3.37. The molecule has 1 unspecified atom stereocenters. The summed E-state index contributed by atoms with van der Waals surface area (Å²) in [6.07, 6.45) is 11.8. The highest BCUT2D eigenvalue weighted by atomic mass is 16.6. The molecule has 0 spiro atoms. The SMILES string of the molecule is O=C(O)CCCCCCCCCCC1CO1. The second-order valence-electron chi connectivity index (χ2n) is 4.72. The molecule has 0 bridgehead atoms. The Labute approximate surface area is 98.2 Å². The van der Waals surface area contributed by atoms with Crippen molar-refractivity contribution in [1.82, 2.24) is 0 Å². The molecule has 1 heterocycles. The average Bonchev–Trinajstić information content (AvgIpc) is 3.04. The molecule has 0 saturated carbocycles. The van der Waals surface area contributed by atoms with Crippen molar-refractivity contribution in [3.63, 3.8) is 0 Å². The molecule has 1 aliphatic heterocycles. The molecule has 3 nitrogen and oxygen atoms in total. The largest absolute Gasteiger partial charge is 0.481 e. The van der Waals surface area contributed by atoms with Crippen molar-refractivity contribution in [3.05, 3.63) is 0 Å². The van der Waals surface area contributed by atoms with E-state index >= 15 is 0 Å². The van der Waals surface area contributed by atoms with E-state index in [0.29, 0.717) is 12.5 Å². The zero-order valence-corrected chi connectivity index (χ0v) is 10.1. The molecule has 1 fully saturated rings. The van der Waals surface area contributed by atoms with Crippen molar-refractivity contribution in [3.8, 4) is 0 Å². The van der Waals surface area contributed by atoms with Crippen molar-refractivity contribution in [2.45, 2.75) is 70.3 Å². The van der Waals surface area contributed by atoms with Crippen LogP contribution in [0.15, 0.2) is 0 Å². The molecule has 16 heavy (non-hydrogen) atoms. The summed E-state index contributed by atoms with van der Waals surface area (Å²) in [6, 6.07) is 0. The van der Waals surface area contributed by atoms with Crippen LogP contribution in [0.5, 0.6) is 0 Å². The van der Waals surface area contributed by atoms with Crippen LogP contribution in [-0.2, 0) is 9.53 Å². The van der Waals surface area contributed by atoms with Crippen LogP contribution in [0.1, 0.15) is 64.2 Å². The summed E-state index contributed by atoms with van der Waals surface area (Å²) in [5.74, 6) is -0.665. The van der Waals surface area contributed by atoms with E-state index < -0.39 is 5.97 Å². The maximum absolute atomic E-state index is 10.3. The quantitative estimate of drug-likeness (QED) is 0.435. The van der Waals surface area contributed by atoms with Gasteiger partial charge in [-0.3, -0.25) is 4.79 Å². The highest BCUT2D eigenvalue weighted by molar-refractivity contribution is 5.66. The lowest BCUT2D eigenvalue weighted by atomic mass is 10.1. The molecule has 3 heteroatoms. The summed E-state index contributed by atoms with van der Waals surface area (Å²) in [7, 11) is 0. The molecule has 1 N–H and O–H groups in total. The monoisotopic (exact) mass is 228 g/mol. The fourth-order valence-electron chi connectivity index (χ4n) is 1.94. The van der Waals surface area contributed by atoms with E-state index in [1.165, 1.54) is 44.9 Å². The van der Waals surface area contributed by atoms with Gasteiger partial charge in [-0.15, -0.1) is 0 Å². The fourth-order valence-corrected chi connectivity index (χ4v) is 1.94. The van der Waals surface area contributed by atoms with Crippen molar-refractivity contribution in [2.24, 2.45) is 0 Å². The summed E-state index contributed by atoms with van der Waals surface area (Å²) in [6.45, 7) is 0.990. The Morgan fingerprint density at radius 2 is 1.50 bits per heavy atom. The zero-order valence-electron chi connectivity index (χ0n) is 10.1. The van der Waals surface area contributed by atoms with Gasteiger partial charge in [0.15, 0.2) is 0 Å². The van der Waals surface area contributed by atoms with Crippen molar-refractivity contribution >= 4 is 5.97 Å². The second kappa shape index (κ2) is 8.57. The topological polar surface area (TPSA) is 49.8 Å². The molecule has 0 aromatic carbocycles. The highest BCUT2D eigenvalue weighted by Gasteiger charge is 2.20. The zero-order chi connectivity index (χ0) is 11.6. The van der Waals surface area contributed by atoms with Crippen LogP contribution in [0.3, 0.4) is 0 Å². The van der Waals surface area contributed by atoms with Crippen LogP contribution in [0.4, 0.5) is 0 Å². The number of epoxide rings is 1. The molecule has 1 rings (SSSR count). The van der Waals surface area contributed by atoms with Crippen LogP contribution in [0.25, 0.3) is 0 Å². The molecule has 0 radical (unpaired) electrons. The van der Waals surface area contributed by atoms with E-state index in [-0.39, 0.29) is 0 Å². The Morgan fingerprint density at radius 1 is 1.00 bits per heavy atom. The van der Waals surface area contributed by atoms with Crippen molar-refractivity contribution in [1.29, 1.82) is 0 Å². The maximum Gasteiger partial charge on any atom is 0.303 e. The van der Waals surface area contributed by atoms with E-state index in [1.807, 2.05) is 0 Å². The minimum atomic E-state index is -0.665. The molecule has 1 saturated heterocycles. The van der Waals surface area contributed by atoms with Gasteiger partial charge in [-0.2, -0.15) is 0 Å². The number of ether oxygens (including phenoxy) is 1. The minimum absolute atomic E-state index is 0.335. The lowest BCUT2D eigenvalue weighted by Gasteiger charge is -2.01. The van der Waals surface area contributed by atoms with Gasteiger partial charge >= 0.3 is 5.97 Å². The first-order chi connectivity index (χ1) is 7.79. The van der Waals surface area contributed by atoms with Crippen molar-refractivity contribution < 1.29 is 14.6 Å². The second-order valence-corrected chi connectivity index (χ2v) is 4.72. The Bertz CT molecular complexity index is 188. The van der Waals surface area contributed by atoms with Gasteiger partial charge in [0.1, 0.15) is 0 Å². The number of carboxylic acids is 1. The Balaban J connectivity index is 1.66. The first kappa shape index (κ1) is 13.5. The first-order valence-corrected chi connectivity index (χ1v) is 6.62. The van der Waals surface area contributed by atoms with E-state index in [4.69, 9.17) is 9.84 Å². The molecule has 1 atom stereocenters. The van der Waals surface area contributed by atoms with Crippen molar-refractivity contribution in [2.75, 3.05) is 6.61 Å². The molecule has 0 aliphatic carbocycles. The molecule has 1 aliphatic rings. The molecule has 0 aromatic rings. The van der Waals surface area contributed by atoms with Crippen LogP contribution >= 0.6 is 0 Å². The fraction of sp³-hybridized carbons (Fsp3) is 0.923. The number of carboxylic acid groups (broad SMARTS) is 1. The minimum Gasteiger partial charge on any atom is -0.481 e. The number of carbonyl (C=O) groups is 1. The number of rotatable bonds is 11.